The van der Waals surface area contributed by atoms with Gasteiger partial charge in [-0.05, 0) is 24.8 Å². The third-order valence-electron chi connectivity index (χ3n) is 4.27. The third-order valence-corrected chi connectivity index (χ3v) is 4.27. The lowest BCUT2D eigenvalue weighted by Crippen LogP contribution is -2.47. The molecule has 0 saturated heterocycles. The largest absolute Gasteiger partial charge is 0.496 e. The molecule has 5 heteroatoms. The van der Waals surface area contributed by atoms with Gasteiger partial charge in [-0.1, -0.05) is 38.0 Å². The summed E-state index contributed by atoms with van der Waals surface area (Å²) in [4.78, 5) is 23.9. The SMILES string of the molecule is COc1ccccc1CNC(=O)C(=O)N[C@H]1CCCC[C@H]1C. The Labute approximate surface area is 131 Å². The molecular weight excluding hydrogens is 280 g/mol. The molecule has 5 nitrogen and oxygen atoms in total. The van der Waals surface area contributed by atoms with Crippen LogP contribution < -0.4 is 15.4 Å². The van der Waals surface area contributed by atoms with Crippen LogP contribution in [0.1, 0.15) is 38.2 Å². The Bertz CT molecular complexity index is 530. The van der Waals surface area contributed by atoms with Crippen molar-refractivity contribution in [1.29, 1.82) is 0 Å². The number of carbonyl (C=O) groups excluding carboxylic acids is 2. The van der Waals surface area contributed by atoms with E-state index < -0.39 is 11.8 Å². The summed E-state index contributed by atoms with van der Waals surface area (Å²) in [5, 5.41) is 5.50. The van der Waals surface area contributed by atoms with Crippen molar-refractivity contribution in [3.8, 4) is 5.75 Å². The highest BCUT2D eigenvalue weighted by atomic mass is 16.5. The van der Waals surface area contributed by atoms with Crippen LogP contribution in [0.5, 0.6) is 5.75 Å². The Balaban J connectivity index is 1.85. The van der Waals surface area contributed by atoms with Crippen LogP contribution >= 0.6 is 0 Å². The van der Waals surface area contributed by atoms with Crippen molar-refractivity contribution in [2.75, 3.05) is 7.11 Å². The molecular formula is C17H24N2O3. The molecule has 2 rings (SSSR count). The maximum Gasteiger partial charge on any atom is 0.309 e. The van der Waals surface area contributed by atoms with Crippen LogP contribution in [-0.2, 0) is 16.1 Å². The summed E-state index contributed by atoms with van der Waals surface area (Å²) in [5.41, 5.74) is 0.845. The number of para-hydroxylation sites is 1. The first-order valence-electron chi connectivity index (χ1n) is 7.82. The smallest absolute Gasteiger partial charge is 0.309 e. The molecule has 0 bridgehead atoms. The van der Waals surface area contributed by atoms with Gasteiger partial charge in [0.25, 0.3) is 0 Å². The Kier molecular flexibility index (Phi) is 5.81. The Morgan fingerprint density at radius 2 is 1.91 bits per heavy atom. The average molecular weight is 304 g/mol. The average Bonchev–Trinajstić information content (AvgIpc) is 2.54. The second-order valence-corrected chi connectivity index (χ2v) is 5.84. The maximum atomic E-state index is 12.0. The number of rotatable bonds is 4. The van der Waals surface area contributed by atoms with Crippen molar-refractivity contribution in [2.24, 2.45) is 5.92 Å². The first-order valence-corrected chi connectivity index (χ1v) is 7.82. The predicted octanol–water partition coefficient (Wildman–Crippen LogP) is 2.01. The fourth-order valence-electron chi connectivity index (χ4n) is 2.87. The number of methoxy groups -OCH3 is 1. The minimum Gasteiger partial charge on any atom is -0.496 e. The monoisotopic (exact) mass is 304 g/mol. The molecule has 0 unspecified atom stereocenters. The summed E-state index contributed by atoms with van der Waals surface area (Å²) >= 11 is 0. The molecule has 1 aliphatic rings. The predicted molar refractivity (Wildman–Crippen MR) is 84.4 cm³/mol. The summed E-state index contributed by atoms with van der Waals surface area (Å²) < 4.78 is 5.22. The highest BCUT2D eigenvalue weighted by Gasteiger charge is 2.25. The summed E-state index contributed by atoms with van der Waals surface area (Å²) in [7, 11) is 1.58. The number of hydrogen-bond acceptors (Lipinski definition) is 3. The summed E-state index contributed by atoms with van der Waals surface area (Å²) in [5.74, 6) is -0.0128. The van der Waals surface area contributed by atoms with E-state index in [0.29, 0.717) is 11.7 Å². The van der Waals surface area contributed by atoms with Crippen molar-refractivity contribution in [1.82, 2.24) is 10.6 Å². The van der Waals surface area contributed by atoms with E-state index in [1.54, 1.807) is 7.11 Å². The van der Waals surface area contributed by atoms with Crippen molar-refractivity contribution < 1.29 is 14.3 Å². The second-order valence-electron chi connectivity index (χ2n) is 5.84. The van der Waals surface area contributed by atoms with Crippen LogP contribution in [0.25, 0.3) is 0 Å². The number of ether oxygens (including phenoxy) is 1. The molecule has 1 saturated carbocycles. The zero-order chi connectivity index (χ0) is 15.9. The molecule has 1 aromatic rings. The summed E-state index contributed by atoms with van der Waals surface area (Å²) in [6.45, 7) is 2.40. The van der Waals surface area contributed by atoms with Crippen LogP contribution in [-0.4, -0.2) is 25.0 Å². The lowest BCUT2D eigenvalue weighted by Gasteiger charge is -2.29. The standard InChI is InChI=1S/C17H24N2O3/c1-12-7-3-5-9-14(12)19-17(21)16(20)18-11-13-8-4-6-10-15(13)22-2/h4,6,8,10,12,14H,3,5,7,9,11H2,1-2H3,(H,18,20)(H,19,21)/t12-,14+/m1/s1. The third kappa shape index (κ3) is 4.23. The van der Waals surface area contributed by atoms with Gasteiger partial charge in [-0.15, -0.1) is 0 Å². The highest BCUT2D eigenvalue weighted by Crippen LogP contribution is 2.23. The number of benzene rings is 1. The van der Waals surface area contributed by atoms with Gasteiger partial charge < -0.3 is 15.4 Å². The van der Waals surface area contributed by atoms with Crippen molar-refractivity contribution in [2.45, 2.75) is 45.2 Å². The van der Waals surface area contributed by atoms with E-state index in [-0.39, 0.29) is 12.6 Å². The maximum absolute atomic E-state index is 12.0. The molecule has 2 amide bonds. The zero-order valence-electron chi connectivity index (χ0n) is 13.2. The molecule has 1 aliphatic carbocycles. The van der Waals surface area contributed by atoms with E-state index >= 15 is 0 Å². The zero-order valence-corrected chi connectivity index (χ0v) is 13.2. The number of nitrogens with one attached hydrogen (secondary N) is 2. The molecule has 120 valence electrons. The molecule has 0 aliphatic heterocycles. The van der Waals surface area contributed by atoms with Gasteiger partial charge in [-0.3, -0.25) is 9.59 Å². The van der Waals surface area contributed by atoms with Crippen LogP contribution in [0.4, 0.5) is 0 Å². The van der Waals surface area contributed by atoms with E-state index in [1.807, 2.05) is 24.3 Å². The molecule has 0 radical (unpaired) electrons. The highest BCUT2D eigenvalue weighted by molar-refractivity contribution is 6.35. The Hall–Kier alpha value is -2.04. The minimum atomic E-state index is -0.594. The van der Waals surface area contributed by atoms with Crippen molar-refractivity contribution in [3.05, 3.63) is 29.8 Å². The molecule has 0 spiro atoms. The van der Waals surface area contributed by atoms with Crippen LogP contribution in [0.2, 0.25) is 0 Å². The topological polar surface area (TPSA) is 67.4 Å². The molecule has 1 aromatic carbocycles. The van der Waals surface area contributed by atoms with Crippen LogP contribution in [0.15, 0.2) is 24.3 Å². The van der Waals surface area contributed by atoms with E-state index in [0.717, 1.165) is 24.8 Å². The van der Waals surface area contributed by atoms with Gasteiger partial charge in [0.2, 0.25) is 0 Å². The van der Waals surface area contributed by atoms with Gasteiger partial charge in [0, 0.05) is 18.2 Å². The quantitative estimate of drug-likeness (QED) is 0.836. The normalized spacial score (nSPS) is 21.0. The molecule has 22 heavy (non-hydrogen) atoms. The molecule has 2 N–H and O–H groups in total. The number of amides is 2. The minimum absolute atomic E-state index is 0.110. The van der Waals surface area contributed by atoms with E-state index in [2.05, 4.69) is 17.6 Å². The number of hydrogen-bond donors (Lipinski definition) is 2. The lowest BCUT2D eigenvalue weighted by molar-refractivity contribution is -0.140. The summed E-state index contributed by atoms with van der Waals surface area (Å²) in [6, 6.07) is 7.53. The number of carbonyl (C=O) groups is 2. The van der Waals surface area contributed by atoms with Gasteiger partial charge in [0.05, 0.1) is 7.11 Å². The van der Waals surface area contributed by atoms with Gasteiger partial charge in [0.1, 0.15) is 5.75 Å². The first-order chi connectivity index (χ1) is 10.6. The lowest BCUT2D eigenvalue weighted by atomic mass is 9.86. The fourth-order valence-corrected chi connectivity index (χ4v) is 2.87. The van der Waals surface area contributed by atoms with Gasteiger partial charge in [-0.25, -0.2) is 0 Å². The van der Waals surface area contributed by atoms with Gasteiger partial charge in [0.15, 0.2) is 0 Å². The fraction of sp³-hybridized carbons (Fsp3) is 0.529. The van der Waals surface area contributed by atoms with E-state index in [4.69, 9.17) is 4.74 Å². The van der Waals surface area contributed by atoms with Gasteiger partial charge in [-0.2, -0.15) is 0 Å². The van der Waals surface area contributed by atoms with E-state index in [9.17, 15) is 9.59 Å². The Morgan fingerprint density at radius 3 is 2.64 bits per heavy atom. The molecule has 1 fully saturated rings. The van der Waals surface area contributed by atoms with E-state index in [1.165, 1.54) is 6.42 Å². The molecule has 2 atom stereocenters. The molecule has 0 aromatic heterocycles. The van der Waals surface area contributed by atoms with Crippen molar-refractivity contribution in [3.63, 3.8) is 0 Å². The summed E-state index contributed by atoms with van der Waals surface area (Å²) in [6.07, 6.45) is 4.37. The van der Waals surface area contributed by atoms with Gasteiger partial charge >= 0.3 is 11.8 Å². The van der Waals surface area contributed by atoms with Crippen molar-refractivity contribution >= 4 is 11.8 Å². The first kappa shape index (κ1) is 16.3. The van der Waals surface area contributed by atoms with Crippen LogP contribution in [0, 0.1) is 5.92 Å². The second kappa shape index (κ2) is 7.82. The van der Waals surface area contributed by atoms with Crippen LogP contribution in [0.3, 0.4) is 0 Å². The Morgan fingerprint density at radius 1 is 1.18 bits per heavy atom. The molecule has 0 heterocycles.